The van der Waals surface area contributed by atoms with Crippen LogP contribution in [0.15, 0.2) is 85.1 Å². The standard InChI is InChI=1S/C51H68N10O12S2/c1-27(2)54-37(22-30-12-6-5-7-13-30)45(66)57-39-25-74-75-26-40(48(69)60-42(29(4)63)51(72)73)58-49(70)41(28(3)62)59-44(65)36(16-10-11-21-52)55-50(71)43(34-24-53-35-15-9-8-14-33(34)35)61-46(67)38(56-47(39)68)23-31-17-19-32(64)20-18-31/h5-9,12-15,17-20,24,27-29,36-43,53-54,62-64H,10-11,16,21-23,25-26,52H2,1-4H3,(H,55,71)(H,56,68)(H,57,66)(H,58,70)(H,59,65)(H,60,69)(H,61,67)(H,72,73). The molecule has 0 saturated carbocycles. The summed E-state index contributed by atoms with van der Waals surface area (Å²) in [6.45, 7) is 6.28. The third-order valence-electron chi connectivity index (χ3n) is 12.1. The summed E-state index contributed by atoms with van der Waals surface area (Å²) < 4.78 is 0. The molecule has 7 amide bonds. The number of phenolic OH excluding ortho intramolecular Hbond substituents is 1. The highest BCUT2D eigenvalue weighted by Crippen LogP contribution is 2.27. The number of nitrogens with one attached hydrogen (secondary N) is 9. The fourth-order valence-electron chi connectivity index (χ4n) is 8.14. The average Bonchev–Trinajstić information content (AvgIpc) is 3.80. The summed E-state index contributed by atoms with van der Waals surface area (Å²) in [7, 11) is 1.91. The van der Waals surface area contributed by atoms with Crippen molar-refractivity contribution in [2.24, 2.45) is 5.73 Å². The van der Waals surface area contributed by atoms with Gasteiger partial charge in [0.15, 0.2) is 6.04 Å². The lowest BCUT2D eigenvalue weighted by molar-refractivity contribution is -0.145. The van der Waals surface area contributed by atoms with E-state index in [1.165, 1.54) is 25.3 Å². The second-order valence-electron chi connectivity index (χ2n) is 18.6. The van der Waals surface area contributed by atoms with Crippen molar-refractivity contribution in [1.82, 2.24) is 47.5 Å². The number of aromatic hydroxyl groups is 1. The molecular weight excluding hydrogens is 1010 g/mol. The summed E-state index contributed by atoms with van der Waals surface area (Å²) in [6.07, 6.45) is -0.937. The minimum atomic E-state index is -1.82. The largest absolute Gasteiger partial charge is 0.508 e. The predicted octanol–water partition coefficient (Wildman–Crippen LogP) is 0.162. The van der Waals surface area contributed by atoms with Crippen molar-refractivity contribution < 1.29 is 58.8 Å². The Hall–Kier alpha value is -6.70. The molecule has 1 fully saturated rings. The highest BCUT2D eigenvalue weighted by Gasteiger charge is 2.38. The van der Waals surface area contributed by atoms with Gasteiger partial charge < -0.3 is 73.7 Å². The van der Waals surface area contributed by atoms with E-state index in [0.29, 0.717) is 29.3 Å². The quantitative estimate of drug-likeness (QED) is 0.0466. The number of H-pyrrole nitrogens is 1. The number of aliphatic carboxylic acids is 1. The van der Waals surface area contributed by atoms with Gasteiger partial charge in [0.1, 0.15) is 42.0 Å². The van der Waals surface area contributed by atoms with Crippen molar-refractivity contribution in [2.75, 3.05) is 18.1 Å². The van der Waals surface area contributed by atoms with E-state index in [4.69, 9.17) is 5.73 Å². The Bertz CT molecular complexity index is 2590. The topological polar surface area (TPSA) is 356 Å². The van der Waals surface area contributed by atoms with E-state index in [9.17, 15) is 58.8 Å². The first-order valence-electron chi connectivity index (χ1n) is 24.6. The monoisotopic (exact) mass is 1080 g/mol. The van der Waals surface area contributed by atoms with Crippen LogP contribution >= 0.6 is 21.6 Å². The van der Waals surface area contributed by atoms with Gasteiger partial charge in [-0.1, -0.05) is 96.1 Å². The lowest BCUT2D eigenvalue weighted by Gasteiger charge is -2.29. The number of aromatic amines is 1. The van der Waals surface area contributed by atoms with Crippen molar-refractivity contribution in [3.8, 4) is 5.75 Å². The smallest absolute Gasteiger partial charge is 0.328 e. The first-order valence-corrected chi connectivity index (χ1v) is 27.0. The fraction of sp³-hybridized carbons (Fsp3) is 0.451. The van der Waals surface area contributed by atoms with E-state index >= 15 is 0 Å². The Balaban J connectivity index is 1.62. The average molecular weight is 1080 g/mol. The van der Waals surface area contributed by atoms with Gasteiger partial charge in [-0.05, 0) is 75.4 Å². The van der Waals surface area contributed by atoms with E-state index < -0.39 is 108 Å². The van der Waals surface area contributed by atoms with Crippen LogP contribution in [0.1, 0.15) is 69.7 Å². The van der Waals surface area contributed by atoms with Crippen molar-refractivity contribution in [1.29, 1.82) is 0 Å². The first-order chi connectivity index (χ1) is 35.8. The van der Waals surface area contributed by atoms with E-state index in [2.05, 4.69) is 47.5 Å². The molecule has 1 saturated heterocycles. The molecule has 2 heterocycles. The molecule has 406 valence electrons. The van der Waals surface area contributed by atoms with Crippen LogP contribution in [0.25, 0.3) is 10.9 Å². The van der Waals surface area contributed by atoms with Gasteiger partial charge in [0, 0.05) is 46.6 Å². The Kier molecular flexibility index (Phi) is 22.7. The number of carbonyl (C=O) groups is 8. The second kappa shape index (κ2) is 28.8. The fourth-order valence-corrected chi connectivity index (χ4v) is 10.5. The number of phenols is 1. The van der Waals surface area contributed by atoms with Gasteiger partial charge in [-0.3, -0.25) is 33.6 Å². The van der Waals surface area contributed by atoms with E-state index in [1.807, 2.05) is 44.2 Å². The number of amides is 7. The molecule has 1 aliphatic heterocycles. The van der Waals surface area contributed by atoms with Crippen LogP contribution in [0.2, 0.25) is 0 Å². The third-order valence-corrected chi connectivity index (χ3v) is 14.6. The maximum absolute atomic E-state index is 14.9. The number of aliphatic hydroxyl groups excluding tert-OH is 2. The molecule has 1 aromatic heterocycles. The van der Waals surface area contributed by atoms with Crippen molar-refractivity contribution >= 4 is 79.8 Å². The maximum atomic E-state index is 14.9. The first kappa shape index (κ1) is 59.2. The van der Waals surface area contributed by atoms with Gasteiger partial charge in [-0.2, -0.15) is 0 Å². The van der Waals surface area contributed by atoms with E-state index in [1.54, 1.807) is 36.4 Å². The highest BCUT2D eigenvalue weighted by atomic mass is 33.1. The summed E-state index contributed by atoms with van der Waals surface area (Å²) in [4.78, 5) is 116. The summed E-state index contributed by atoms with van der Waals surface area (Å²) in [5.74, 6) is -8.41. The molecule has 24 heteroatoms. The zero-order valence-corrected chi connectivity index (χ0v) is 43.7. The Morgan fingerprint density at radius 3 is 2.04 bits per heavy atom. The highest BCUT2D eigenvalue weighted by molar-refractivity contribution is 8.76. The van der Waals surface area contributed by atoms with Gasteiger partial charge in [-0.15, -0.1) is 0 Å². The molecule has 75 heavy (non-hydrogen) atoms. The van der Waals surface area contributed by atoms with Crippen LogP contribution in [0.5, 0.6) is 5.75 Å². The molecule has 0 spiro atoms. The van der Waals surface area contributed by atoms with Crippen molar-refractivity contribution in [3.63, 3.8) is 0 Å². The van der Waals surface area contributed by atoms with Crippen molar-refractivity contribution in [3.05, 3.63) is 102 Å². The minimum Gasteiger partial charge on any atom is -0.508 e. The molecule has 22 nitrogen and oxygen atoms in total. The summed E-state index contributed by atoms with van der Waals surface area (Å²) in [5.41, 5.74) is 7.97. The lowest BCUT2D eigenvalue weighted by atomic mass is 10.0. The number of hydrogen-bond donors (Lipinski definition) is 14. The van der Waals surface area contributed by atoms with Gasteiger partial charge >= 0.3 is 5.97 Å². The number of hydrogen-bond acceptors (Lipinski definition) is 15. The molecule has 0 aliphatic carbocycles. The molecule has 1 aliphatic rings. The molecule has 4 aromatic rings. The van der Waals surface area contributed by atoms with Crippen molar-refractivity contribution in [2.45, 2.75) is 126 Å². The maximum Gasteiger partial charge on any atom is 0.328 e. The van der Waals surface area contributed by atoms with Crippen LogP contribution in [0.3, 0.4) is 0 Å². The van der Waals surface area contributed by atoms with Crippen LogP contribution < -0.4 is 48.3 Å². The van der Waals surface area contributed by atoms with Crippen LogP contribution in [-0.2, 0) is 51.2 Å². The zero-order valence-electron chi connectivity index (χ0n) is 42.0. The number of rotatable bonds is 18. The molecule has 3 aromatic carbocycles. The minimum absolute atomic E-state index is 0.0299. The van der Waals surface area contributed by atoms with E-state index in [-0.39, 0.29) is 54.7 Å². The Morgan fingerprint density at radius 2 is 1.39 bits per heavy atom. The molecule has 15 N–H and O–H groups in total. The number of aliphatic hydroxyl groups is 2. The van der Waals surface area contributed by atoms with Crippen LogP contribution in [-0.4, -0.2) is 151 Å². The Morgan fingerprint density at radius 1 is 0.733 bits per heavy atom. The number of fused-ring (bicyclic) bond motifs is 1. The predicted molar refractivity (Wildman–Crippen MR) is 284 cm³/mol. The SMILES string of the molecule is CC(C)NC(Cc1ccccc1)C(=O)NC1CSSCC(C(=O)NC(C(=O)O)C(C)O)NC(=O)C(C(C)O)NC(=O)C(CCCCN)NC(=O)C(c2c[nH]c3ccccc23)NC(=O)C(Cc2ccc(O)cc2)NC1=O. The normalized spacial score (nSPS) is 22.3. The van der Waals surface area contributed by atoms with E-state index in [0.717, 1.165) is 34.1 Å². The third kappa shape index (κ3) is 17.7. The van der Waals surface area contributed by atoms with Gasteiger partial charge in [-0.25, -0.2) is 4.79 Å². The number of carbonyl (C=O) groups excluding carboxylic acids is 7. The molecule has 10 unspecified atom stereocenters. The molecule has 5 rings (SSSR count). The number of aromatic nitrogens is 1. The number of carboxylic acids is 1. The lowest BCUT2D eigenvalue weighted by Crippen LogP contribution is -2.62. The van der Waals surface area contributed by atoms with Gasteiger partial charge in [0.05, 0.1) is 18.2 Å². The van der Waals surface area contributed by atoms with Crippen LogP contribution in [0, 0.1) is 0 Å². The molecular formula is C51H68N10O12S2. The number of para-hydroxylation sites is 1. The molecule has 0 radical (unpaired) electrons. The second-order valence-corrected chi connectivity index (χ2v) is 21.1. The van der Waals surface area contributed by atoms with Gasteiger partial charge in [0.2, 0.25) is 41.4 Å². The molecule has 10 atom stereocenters. The number of benzene rings is 3. The number of unbranched alkanes of at least 4 members (excludes halogenated alkanes) is 1. The summed E-state index contributed by atoms with van der Waals surface area (Å²) in [5, 5.41) is 63.1. The number of nitrogens with two attached hydrogens (primary N) is 1. The molecule has 0 bridgehead atoms. The van der Waals surface area contributed by atoms with Crippen LogP contribution in [0.4, 0.5) is 0 Å². The summed E-state index contributed by atoms with van der Waals surface area (Å²) >= 11 is 0. The number of carboxylic acid groups (broad SMARTS) is 1. The zero-order chi connectivity index (χ0) is 54.8. The summed E-state index contributed by atoms with van der Waals surface area (Å²) in [6, 6.07) is 10.0. The van der Waals surface area contributed by atoms with Gasteiger partial charge in [0.25, 0.3) is 0 Å². The Labute approximate surface area is 442 Å².